The summed E-state index contributed by atoms with van der Waals surface area (Å²) in [4.78, 5) is 12.8. The lowest BCUT2D eigenvalue weighted by Crippen LogP contribution is -2.05. The van der Waals surface area contributed by atoms with Gasteiger partial charge in [0, 0.05) is 16.8 Å². The number of ether oxygens (including phenoxy) is 2. The van der Waals surface area contributed by atoms with Crippen LogP contribution in [0.15, 0.2) is 78.0 Å². The number of benzene rings is 3. The first-order valence-electron chi connectivity index (χ1n) is 10.4. The van der Waals surface area contributed by atoms with Crippen LogP contribution in [0.4, 0.5) is 0 Å². The van der Waals surface area contributed by atoms with Crippen LogP contribution in [0.2, 0.25) is 0 Å². The molecule has 0 unspecified atom stereocenters. The van der Waals surface area contributed by atoms with Crippen LogP contribution >= 0.6 is 11.8 Å². The summed E-state index contributed by atoms with van der Waals surface area (Å²) in [5.74, 6) is 2.41. The number of nitrogens with zero attached hydrogens (tertiary/aromatic N) is 3. The number of thioether (sulfide) groups is 1. The summed E-state index contributed by atoms with van der Waals surface area (Å²) < 4.78 is 12.9. The molecule has 2 heterocycles. The van der Waals surface area contributed by atoms with Crippen LogP contribution in [-0.4, -0.2) is 33.1 Å². The largest absolute Gasteiger partial charge is 0.454 e. The zero-order valence-corrected chi connectivity index (χ0v) is 18.3. The molecule has 1 aliphatic heterocycles. The van der Waals surface area contributed by atoms with Gasteiger partial charge in [-0.15, -0.1) is 10.2 Å². The molecule has 160 valence electrons. The second-order valence-corrected chi connectivity index (χ2v) is 8.25. The van der Waals surface area contributed by atoms with Crippen molar-refractivity contribution in [2.24, 2.45) is 0 Å². The number of ketones is 1. The van der Waals surface area contributed by atoms with E-state index in [9.17, 15) is 4.79 Å². The van der Waals surface area contributed by atoms with E-state index >= 15 is 0 Å². The number of carbonyl (C=O) groups is 1. The van der Waals surface area contributed by atoms with E-state index in [0.717, 1.165) is 17.7 Å². The molecular formula is C25H21N3O3S. The van der Waals surface area contributed by atoms with Crippen LogP contribution in [0.1, 0.15) is 22.8 Å². The Morgan fingerprint density at radius 2 is 1.75 bits per heavy atom. The Hall–Kier alpha value is -3.58. The Balaban J connectivity index is 1.45. The Labute approximate surface area is 190 Å². The fourth-order valence-corrected chi connectivity index (χ4v) is 4.38. The van der Waals surface area contributed by atoms with Crippen molar-refractivity contribution in [1.29, 1.82) is 0 Å². The van der Waals surface area contributed by atoms with Crippen LogP contribution in [0.25, 0.3) is 17.1 Å². The second-order valence-electron chi connectivity index (χ2n) is 7.31. The highest BCUT2D eigenvalue weighted by atomic mass is 32.2. The predicted octanol–water partition coefficient (Wildman–Crippen LogP) is 5.20. The van der Waals surface area contributed by atoms with Gasteiger partial charge in [0.25, 0.3) is 0 Å². The first-order chi connectivity index (χ1) is 15.7. The van der Waals surface area contributed by atoms with Crippen LogP contribution in [-0.2, 0) is 6.42 Å². The highest BCUT2D eigenvalue weighted by Gasteiger charge is 2.20. The SMILES string of the molecule is CCc1ccc(C(=O)CSc2nnc(-c3ccc4c(c3)OCO4)n2-c2ccccc2)cc1. The van der Waals surface area contributed by atoms with E-state index in [2.05, 4.69) is 17.1 Å². The lowest BCUT2D eigenvalue weighted by atomic mass is 10.1. The molecule has 0 saturated heterocycles. The maximum atomic E-state index is 12.8. The van der Waals surface area contributed by atoms with E-state index in [1.54, 1.807) is 0 Å². The fraction of sp³-hybridized carbons (Fsp3) is 0.160. The predicted molar refractivity (Wildman–Crippen MR) is 124 cm³/mol. The number of hydrogen-bond acceptors (Lipinski definition) is 6. The third-order valence-corrected chi connectivity index (χ3v) is 6.22. The van der Waals surface area contributed by atoms with Gasteiger partial charge in [0.2, 0.25) is 6.79 Å². The molecule has 0 atom stereocenters. The maximum absolute atomic E-state index is 12.8. The molecule has 0 saturated carbocycles. The van der Waals surface area contributed by atoms with E-state index in [1.165, 1.54) is 17.3 Å². The summed E-state index contributed by atoms with van der Waals surface area (Å²) in [7, 11) is 0. The quantitative estimate of drug-likeness (QED) is 0.289. The van der Waals surface area contributed by atoms with Crippen LogP contribution in [0, 0.1) is 0 Å². The first-order valence-corrected chi connectivity index (χ1v) is 11.4. The zero-order valence-electron chi connectivity index (χ0n) is 17.5. The zero-order chi connectivity index (χ0) is 21.9. The minimum atomic E-state index is 0.0601. The fourth-order valence-electron chi connectivity index (χ4n) is 3.54. The molecule has 0 radical (unpaired) electrons. The summed E-state index contributed by atoms with van der Waals surface area (Å²) in [6.45, 7) is 2.31. The normalized spacial score (nSPS) is 12.2. The number of aromatic nitrogens is 3. The Kier molecular flexibility index (Phi) is 5.64. The molecule has 0 aliphatic carbocycles. The number of carbonyl (C=O) groups excluding carboxylic acids is 1. The van der Waals surface area contributed by atoms with Crippen LogP contribution < -0.4 is 9.47 Å². The lowest BCUT2D eigenvalue weighted by Gasteiger charge is -2.10. The molecule has 7 heteroatoms. The molecule has 4 aromatic rings. The standard InChI is InChI=1S/C25H21N3O3S/c1-2-17-8-10-18(11-9-17)21(29)15-32-25-27-26-24(28(25)20-6-4-3-5-7-20)19-12-13-22-23(14-19)31-16-30-22/h3-14H,2,15-16H2,1H3. The number of Topliss-reactive ketones (excluding diaryl/α,β-unsaturated/α-hetero) is 1. The summed E-state index contributed by atoms with van der Waals surface area (Å²) in [5, 5.41) is 9.51. The Morgan fingerprint density at radius 1 is 0.969 bits per heavy atom. The first kappa shape index (κ1) is 20.3. The van der Waals surface area contributed by atoms with Crippen molar-refractivity contribution >= 4 is 17.5 Å². The van der Waals surface area contributed by atoms with Gasteiger partial charge in [0.15, 0.2) is 28.3 Å². The van der Waals surface area contributed by atoms with Crippen molar-refractivity contribution in [3.05, 3.63) is 83.9 Å². The minimum absolute atomic E-state index is 0.0601. The van der Waals surface area contributed by atoms with Crippen molar-refractivity contribution in [3.63, 3.8) is 0 Å². The van der Waals surface area contributed by atoms with E-state index in [4.69, 9.17) is 9.47 Å². The van der Waals surface area contributed by atoms with Gasteiger partial charge in [-0.2, -0.15) is 0 Å². The molecule has 0 spiro atoms. The van der Waals surface area contributed by atoms with Crippen LogP contribution in [0.5, 0.6) is 11.5 Å². The Bertz CT molecular complexity index is 1250. The highest BCUT2D eigenvalue weighted by Crippen LogP contribution is 2.37. The molecule has 0 N–H and O–H groups in total. The van der Waals surface area contributed by atoms with E-state index in [0.29, 0.717) is 28.0 Å². The maximum Gasteiger partial charge on any atom is 0.231 e. The summed E-state index contributed by atoms with van der Waals surface area (Å²) in [6.07, 6.45) is 0.950. The smallest absolute Gasteiger partial charge is 0.231 e. The number of aryl methyl sites for hydroxylation is 1. The second kappa shape index (κ2) is 8.88. The van der Waals surface area contributed by atoms with Crippen molar-refractivity contribution in [3.8, 4) is 28.6 Å². The van der Waals surface area contributed by atoms with Crippen molar-refractivity contribution in [1.82, 2.24) is 14.8 Å². The number of rotatable bonds is 7. The van der Waals surface area contributed by atoms with Gasteiger partial charge in [-0.05, 0) is 42.3 Å². The number of para-hydroxylation sites is 1. The van der Waals surface area contributed by atoms with Crippen molar-refractivity contribution < 1.29 is 14.3 Å². The van der Waals surface area contributed by atoms with E-state index in [1.807, 2.05) is 77.4 Å². The average Bonchev–Trinajstić information content (AvgIpc) is 3.49. The minimum Gasteiger partial charge on any atom is -0.454 e. The van der Waals surface area contributed by atoms with Gasteiger partial charge in [0.1, 0.15) is 0 Å². The van der Waals surface area contributed by atoms with Gasteiger partial charge in [-0.1, -0.05) is 61.2 Å². The molecule has 6 nitrogen and oxygen atoms in total. The van der Waals surface area contributed by atoms with E-state index in [-0.39, 0.29) is 18.3 Å². The Morgan fingerprint density at radius 3 is 2.53 bits per heavy atom. The molecule has 0 bridgehead atoms. The van der Waals surface area contributed by atoms with Gasteiger partial charge in [-0.25, -0.2) is 0 Å². The molecule has 0 amide bonds. The third kappa shape index (κ3) is 3.99. The molecular weight excluding hydrogens is 422 g/mol. The third-order valence-electron chi connectivity index (χ3n) is 5.30. The molecule has 3 aromatic carbocycles. The summed E-state index contributed by atoms with van der Waals surface area (Å²) >= 11 is 1.38. The average molecular weight is 444 g/mol. The molecule has 1 aliphatic rings. The van der Waals surface area contributed by atoms with Crippen molar-refractivity contribution in [2.75, 3.05) is 12.5 Å². The number of hydrogen-bond donors (Lipinski definition) is 0. The topological polar surface area (TPSA) is 66.2 Å². The van der Waals surface area contributed by atoms with Crippen LogP contribution in [0.3, 0.4) is 0 Å². The summed E-state index contributed by atoms with van der Waals surface area (Å²) in [6, 6.07) is 23.4. The highest BCUT2D eigenvalue weighted by molar-refractivity contribution is 7.99. The van der Waals surface area contributed by atoms with Crippen molar-refractivity contribution in [2.45, 2.75) is 18.5 Å². The van der Waals surface area contributed by atoms with Gasteiger partial charge >= 0.3 is 0 Å². The molecule has 5 rings (SSSR count). The van der Waals surface area contributed by atoms with Gasteiger partial charge in [-0.3, -0.25) is 9.36 Å². The monoisotopic (exact) mass is 443 g/mol. The molecule has 0 fully saturated rings. The number of fused-ring (bicyclic) bond motifs is 1. The molecule has 1 aromatic heterocycles. The lowest BCUT2D eigenvalue weighted by molar-refractivity contribution is 0.102. The van der Waals surface area contributed by atoms with Gasteiger partial charge < -0.3 is 9.47 Å². The van der Waals surface area contributed by atoms with Gasteiger partial charge in [0.05, 0.1) is 5.75 Å². The summed E-state index contributed by atoms with van der Waals surface area (Å²) in [5.41, 5.74) is 3.70. The molecule has 32 heavy (non-hydrogen) atoms. The van der Waals surface area contributed by atoms with E-state index < -0.39 is 0 Å².